The van der Waals surface area contributed by atoms with Crippen molar-refractivity contribution >= 4 is 172 Å². The lowest BCUT2D eigenvalue weighted by Crippen LogP contribution is -2.45. The number of hydrogen-bond donors (Lipinski definition) is 0. The molecule has 7 aromatic carbocycles. The molecule has 7 aromatic heterocycles. The summed E-state index contributed by atoms with van der Waals surface area (Å²) in [7, 11) is -0.803. The number of hydrogen-bond acceptors (Lipinski definition) is 22. The molecule has 15 rings (SSSR count). The summed E-state index contributed by atoms with van der Waals surface area (Å²) in [5, 5.41) is 14.0. The summed E-state index contributed by atoms with van der Waals surface area (Å²) in [5.41, 5.74) is 13.6. The minimum absolute atomic E-state index is 0. The maximum Gasteiger partial charge on any atom is 0.259 e. The fraction of sp³-hybridized carbons (Fsp3) is 0.420. The van der Waals surface area contributed by atoms with Gasteiger partial charge in [0.2, 0.25) is 19.0 Å². The lowest BCUT2D eigenvalue weighted by Gasteiger charge is -2.44. The molecule has 25 nitrogen and oxygen atoms in total. The van der Waals surface area contributed by atoms with Crippen molar-refractivity contribution < 1.29 is 46.1 Å². The van der Waals surface area contributed by atoms with Gasteiger partial charge in [-0.3, -0.25) is 0 Å². The van der Waals surface area contributed by atoms with Crippen LogP contribution in [0.5, 0.6) is 17.4 Å². The van der Waals surface area contributed by atoms with Gasteiger partial charge in [0.25, 0.3) is 25.6 Å². The van der Waals surface area contributed by atoms with E-state index in [1.54, 1.807) is 32.7 Å². The summed E-state index contributed by atoms with van der Waals surface area (Å²) < 4.78 is 75.9. The first-order chi connectivity index (χ1) is 63.3. The molecular formula is C100H118B3Cl2N15O10P3S. The Kier molecular flexibility index (Phi) is 40.0. The van der Waals surface area contributed by atoms with E-state index < -0.39 is 37.3 Å². The van der Waals surface area contributed by atoms with Crippen molar-refractivity contribution in [3.63, 3.8) is 0 Å². The molecule has 134 heavy (non-hydrogen) atoms. The Morgan fingerprint density at radius 1 is 0.582 bits per heavy atom. The number of nitrogens with zero attached hydrogens (tertiary/aromatic N) is 15. The van der Waals surface area contributed by atoms with E-state index in [4.69, 9.17) is 107 Å². The predicted molar refractivity (Wildman–Crippen MR) is 549 cm³/mol. The van der Waals surface area contributed by atoms with Gasteiger partial charge >= 0.3 is 0 Å². The molecule has 0 N–H and O–H groups in total. The molecule has 6 unspecified atom stereocenters. The molecule has 34 heteroatoms. The average molecular weight is 1920 g/mol. The standard InChI is InChI=1S/C44H48N5O6PS.C28H34Cl2N5O2P.C28H36N5O2P.3B/c1-28(2)49-31(5)32(24-45)25-54-56(49)55-38(21-22-52-42-41-40(46-27-47-42)39-29(3)23-30(4)48-43(39)57-41)26-53-44(33-11-9-8-10-12-33,34-13-17-36(50-6)18-14-34)35-15-19-37(51-7)20-16-35;1-7-20(37-38(36-15-13-31-6)35(18(2)3)19(4)5)12-14-34-26-11-9-8-10-21(26)27-28(34)33-25-17-23(30)22(29)16-24(25)32-27;1-7-22(35-36(34-19-17-29-6)33(20(2)3)21(4)5)16-18-32-26-15-11-8-12-23(26)27-28(32)31-25-14-10-9-13-24(25)30-27;;;/h8-20,23,27-28,31-32,38H,21-22,25-26H2,1-7H3;8-11,16-20H,7,12-15H2,1-5H3;8-15,20-22H,7,16-19H2,1-5H3;;;/t;20-,38?;22-,36?;;;/m.11.../s1. The fourth-order valence-corrected chi connectivity index (χ4v) is 23.7. The first kappa shape index (κ1) is 107. The van der Waals surface area contributed by atoms with Gasteiger partial charge in [0.05, 0.1) is 113 Å². The molecule has 0 spiro atoms. The molecule has 8 heterocycles. The third-order valence-corrected chi connectivity index (χ3v) is 31.2. The Morgan fingerprint density at radius 2 is 1.05 bits per heavy atom. The van der Waals surface area contributed by atoms with Crippen molar-refractivity contribution in [1.29, 1.82) is 5.26 Å². The van der Waals surface area contributed by atoms with Gasteiger partial charge in [-0.2, -0.15) is 5.26 Å². The highest BCUT2D eigenvalue weighted by molar-refractivity contribution is 7.45. The second kappa shape index (κ2) is 50.2. The Labute approximate surface area is 811 Å². The number of aromatic nitrogens is 9. The molecule has 14 aromatic rings. The molecule has 0 aliphatic carbocycles. The molecule has 697 valence electrons. The van der Waals surface area contributed by atoms with E-state index in [1.165, 1.54) is 11.3 Å². The van der Waals surface area contributed by atoms with Gasteiger partial charge < -0.3 is 64.9 Å². The van der Waals surface area contributed by atoms with E-state index in [1.807, 2.05) is 110 Å². The Morgan fingerprint density at radius 3 is 1.54 bits per heavy atom. The van der Waals surface area contributed by atoms with E-state index in [2.05, 4.69) is 200 Å². The van der Waals surface area contributed by atoms with Crippen molar-refractivity contribution in [3.05, 3.63) is 237 Å². The quantitative estimate of drug-likeness (QED) is 0.0114. The topological polar surface area (TPSA) is 235 Å². The maximum atomic E-state index is 9.91. The lowest BCUT2D eigenvalue weighted by atomic mass is 9.80. The zero-order valence-corrected chi connectivity index (χ0v) is 84.5. The third kappa shape index (κ3) is 24.8. The van der Waals surface area contributed by atoms with Gasteiger partial charge in [0, 0.05) is 103 Å². The molecule has 1 aliphatic rings. The maximum absolute atomic E-state index is 9.91. The average Bonchev–Trinajstić information content (AvgIpc) is 1.28. The molecule has 1 fully saturated rings. The predicted octanol–water partition coefficient (Wildman–Crippen LogP) is 24.1. The highest BCUT2D eigenvalue weighted by atomic mass is 35.5. The van der Waals surface area contributed by atoms with Gasteiger partial charge in [0.1, 0.15) is 57.2 Å². The van der Waals surface area contributed by atoms with Crippen LogP contribution in [0.1, 0.15) is 150 Å². The van der Waals surface area contributed by atoms with Crippen LogP contribution >= 0.6 is 60.1 Å². The van der Waals surface area contributed by atoms with Gasteiger partial charge in [0.15, 0.2) is 11.3 Å². The zero-order chi connectivity index (χ0) is 93.2. The number of ether oxygens (including phenoxy) is 4. The second-order valence-electron chi connectivity index (χ2n) is 33.6. The van der Waals surface area contributed by atoms with Crippen LogP contribution in [0.3, 0.4) is 0 Å². The van der Waals surface area contributed by atoms with Crippen molar-refractivity contribution in [1.82, 2.24) is 58.0 Å². The number of benzene rings is 7. The minimum atomic E-state index is -1.55. The van der Waals surface area contributed by atoms with Crippen molar-refractivity contribution in [2.24, 2.45) is 5.92 Å². The fourth-order valence-electron chi connectivity index (χ4n) is 16.8. The molecule has 0 saturated carbocycles. The van der Waals surface area contributed by atoms with Crippen molar-refractivity contribution in [2.75, 3.05) is 60.3 Å². The summed E-state index contributed by atoms with van der Waals surface area (Å²) in [6.45, 7) is 49.8. The number of nitriles is 1. The van der Waals surface area contributed by atoms with E-state index in [-0.39, 0.29) is 92.8 Å². The first-order valence-electron chi connectivity index (χ1n) is 44.9. The number of halogens is 2. The van der Waals surface area contributed by atoms with Crippen LogP contribution in [0, 0.1) is 44.2 Å². The molecule has 0 bridgehead atoms. The summed E-state index contributed by atoms with van der Waals surface area (Å²) in [4.78, 5) is 41.6. The molecular weight excluding hydrogens is 1800 g/mol. The van der Waals surface area contributed by atoms with Gasteiger partial charge in [-0.15, -0.1) is 11.3 Å². The summed E-state index contributed by atoms with van der Waals surface area (Å²) in [6.07, 6.45) is 4.83. The minimum Gasteiger partial charge on any atom is -0.497 e. The highest BCUT2D eigenvalue weighted by Gasteiger charge is 2.43. The van der Waals surface area contributed by atoms with Crippen LogP contribution in [-0.4, -0.2) is 198 Å². The van der Waals surface area contributed by atoms with Crippen molar-refractivity contribution in [3.8, 4) is 23.4 Å². The number of pyridine rings is 1. The Bertz CT molecular complexity index is 6250. The number of para-hydroxylation sites is 4. The number of aryl methyl sites for hydroxylation is 4. The summed E-state index contributed by atoms with van der Waals surface area (Å²) in [6, 6.07) is 59.9. The SMILES string of the molecule is COc1ccc(C(OCC(CCOc2ncnc3c2sc2nc(C)cc(C)c23)OP2OCC(C#N)C(C)N2C(C)C)(c2ccccc2)c2ccc(OC)cc2)cc1.[B].[B].[B].[C-]#[N+]CCOP(O[C@H](CC)CCn1c2ccccc2c2nc3cc(Cl)c(Cl)cc3nc21)N(C(C)C)C(C)C.[C-]#[N+]CCOP(O[C@H](CC)CCn1c2ccccc2c2nc3ccccc3nc21)N(C(C)C)C(C)C. The Hall–Kier alpha value is -9.20. The van der Waals surface area contributed by atoms with E-state index in [0.717, 1.165) is 147 Å². The van der Waals surface area contributed by atoms with E-state index in [9.17, 15) is 5.26 Å². The molecule has 1 saturated heterocycles. The van der Waals surface area contributed by atoms with E-state index in [0.29, 0.717) is 72.8 Å². The van der Waals surface area contributed by atoms with Crippen LogP contribution in [0.25, 0.3) is 96.3 Å². The van der Waals surface area contributed by atoms with Crippen LogP contribution < -0.4 is 14.2 Å². The Balaban J connectivity index is 0.000000214. The van der Waals surface area contributed by atoms with Crippen LogP contribution in [0.4, 0.5) is 0 Å². The number of methoxy groups -OCH3 is 2. The van der Waals surface area contributed by atoms with Gasteiger partial charge in [-0.25, -0.2) is 62.0 Å². The van der Waals surface area contributed by atoms with E-state index >= 15 is 0 Å². The number of fused-ring (bicyclic) bond motifs is 11. The normalized spacial score (nSPS) is 15.4. The second-order valence-corrected chi connectivity index (χ2v) is 39.7. The molecule has 1 aliphatic heterocycles. The molecule has 8 atom stereocenters. The monoisotopic (exact) mass is 1920 g/mol. The first-order valence-corrected chi connectivity index (χ1v) is 49.8. The zero-order valence-electron chi connectivity index (χ0n) is 79.4. The molecule has 0 amide bonds. The molecule has 9 radical (unpaired) electrons. The van der Waals surface area contributed by atoms with Crippen LogP contribution in [0.2, 0.25) is 10.0 Å². The van der Waals surface area contributed by atoms with Crippen molar-refractivity contribution in [2.45, 2.75) is 209 Å². The lowest BCUT2D eigenvalue weighted by molar-refractivity contribution is -0.0423. The van der Waals surface area contributed by atoms with Gasteiger partial charge in [-0.1, -0.05) is 140 Å². The van der Waals surface area contributed by atoms with Crippen LogP contribution in [0.15, 0.2) is 176 Å². The highest BCUT2D eigenvalue weighted by Crippen LogP contribution is 2.54. The summed E-state index contributed by atoms with van der Waals surface area (Å²) >= 11 is 14.1. The van der Waals surface area contributed by atoms with Gasteiger partial charge in [-0.05, 0) is 205 Å². The van der Waals surface area contributed by atoms with Crippen LogP contribution in [-0.2, 0) is 50.6 Å². The number of thiophene rings is 1. The smallest absolute Gasteiger partial charge is 0.259 e. The largest absolute Gasteiger partial charge is 0.497 e. The number of rotatable bonds is 39. The third-order valence-electron chi connectivity index (χ3n) is 23.0. The summed E-state index contributed by atoms with van der Waals surface area (Å²) in [5.74, 6) is 1.71.